The number of benzene rings is 1. The van der Waals surface area contributed by atoms with Crippen LogP contribution >= 0.6 is 0 Å². The molecule has 2 unspecified atom stereocenters. The molecule has 4 heteroatoms. The van der Waals surface area contributed by atoms with E-state index in [1.54, 1.807) is 19.2 Å². The molecule has 4 nitrogen and oxygen atoms in total. The molecule has 1 aromatic carbocycles. The monoisotopic (exact) mass is 236 g/mol. The molecule has 0 saturated heterocycles. The first-order valence-corrected chi connectivity index (χ1v) is 5.74. The minimum Gasteiger partial charge on any atom is -0.496 e. The number of amides is 1. The van der Waals surface area contributed by atoms with Crippen LogP contribution in [-0.4, -0.2) is 25.6 Å². The second-order valence-corrected chi connectivity index (χ2v) is 4.18. The van der Waals surface area contributed by atoms with Gasteiger partial charge in [-0.05, 0) is 31.5 Å². The van der Waals surface area contributed by atoms with Crippen LogP contribution < -0.4 is 15.8 Å². The number of carbonyl (C=O) groups excluding carboxylic acids is 1. The van der Waals surface area contributed by atoms with Crippen LogP contribution in [0.1, 0.15) is 24.2 Å². The van der Waals surface area contributed by atoms with Gasteiger partial charge in [-0.2, -0.15) is 0 Å². The quantitative estimate of drug-likeness (QED) is 0.812. The molecule has 0 heterocycles. The van der Waals surface area contributed by atoms with Gasteiger partial charge in [-0.3, -0.25) is 4.79 Å². The Kier molecular flexibility index (Phi) is 4.97. The Morgan fingerprint density at radius 1 is 1.41 bits per heavy atom. The van der Waals surface area contributed by atoms with Crippen LogP contribution in [0.5, 0.6) is 5.75 Å². The van der Waals surface area contributed by atoms with Crippen LogP contribution in [-0.2, 0) is 0 Å². The first-order valence-electron chi connectivity index (χ1n) is 5.74. The van der Waals surface area contributed by atoms with Gasteiger partial charge in [-0.1, -0.05) is 19.1 Å². The van der Waals surface area contributed by atoms with Crippen molar-refractivity contribution in [1.29, 1.82) is 0 Å². The van der Waals surface area contributed by atoms with Crippen molar-refractivity contribution in [2.24, 2.45) is 11.7 Å². The lowest BCUT2D eigenvalue weighted by Gasteiger charge is -2.20. The lowest BCUT2D eigenvalue weighted by molar-refractivity contribution is 0.0926. The summed E-state index contributed by atoms with van der Waals surface area (Å²) < 4.78 is 5.15. The van der Waals surface area contributed by atoms with E-state index >= 15 is 0 Å². The van der Waals surface area contributed by atoms with Crippen LogP contribution in [0.4, 0.5) is 0 Å². The van der Waals surface area contributed by atoms with E-state index in [2.05, 4.69) is 5.32 Å². The van der Waals surface area contributed by atoms with Gasteiger partial charge >= 0.3 is 0 Å². The number of nitrogens with one attached hydrogen (secondary N) is 1. The highest BCUT2D eigenvalue weighted by Crippen LogP contribution is 2.17. The summed E-state index contributed by atoms with van der Waals surface area (Å²) in [4.78, 5) is 12.0. The fourth-order valence-corrected chi connectivity index (χ4v) is 1.46. The minimum absolute atomic E-state index is 0.0393. The number of carbonyl (C=O) groups is 1. The number of ether oxygens (including phenoxy) is 1. The Bertz CT molecular complexity index is 379. The maximum absolute atomic E-state index is 12.0. The zero-order chi connectivity index (χ0) is 12.8. The van der Waals surface area contributed by atoms with Crippen LogP contribution in [0.3, 0.4) is 0 Å². The highest BCUT2D eigenvalue weighted by molar-refractivity contribution is 5.97. The maximum Gasteiger partial charge on any atom is 0.255 e. The molecule has 0 radical (unpaired) electrons. The molecule has 0 spiro atoms. The molecule has 3 N–H and O–H groups in total. The number of nitrogens with two attached hydrogens (primary N) is 1. The van der Waals surface area contributed by atoms with E-state index in [0.29, 0.717) is 17.9 Å². The molecule has 1 aromatic rings. The van der Waals surface area contributed by atoms with Crippen molar-refractivity contribution in [1.82, 2.24) is 5.32 Å². The van der Waals surface area contributed by atoms with Crippen molar-refractivity contribution in [2.75, 3.05) is 13.7 Å². The van der Waals surface area contributed by atoms with Gasteiger partial charge in [0.1, 0.15) is 5.75 Å². The van der Waals surface area contributed by atoms with E-state index in [1.807, 2.05) is 26.0 Å². The fourth-order valence-electron chi connectivity index (χ4n) is 1.46. The van der Waals surface area contributed by atoms with Crippen LogP contribution in [0, 0.1) is 5.92 Å². The average molecular weight is 236 g/mol. The van der Waals surface area contributed by atoms with Gasteiger partial charge in [-0.15, -0.1) is 0 Å². The van der Waals surface area contributed by atoms with Crippen molar-refractivity contribution < 1.29 is 9.53 Å². The van der Waals surface area contributed by atoms with Gasteiger partial charge in [0.15, 0.2) is 0 Å². The summed E-state index contributed by atoms with van der Waals surface area (Å²) in [6.07, 6.45) is 0. The summed E-state index contributed by atoms with van der Waals surface area (Å²) in [5.74, 6) is 0.696. The highest BCUT2D eigenvalue weighted by atomic mass is 16.5. The van der Waals surface area contributed by atoms with Crippen molar-refractivity contribution in [3.8, 4) is 5.75 Å². The Labute approximate surface area is 102 Å². The van der Waals surface area contributed by atoms with E-state index in [4.69, 9.17) is 10.5 Å². The molecule has 0 aromatic heterocycles. The first-order chi connectivity index (χ1) is 8.10. The van der Waals surface area contributed by atoms with Crippen LogP contribution in [0.25, 0.3) is 0 Å². The molecule has 0 aliphatic rings. The Morgan fingerprint density at radius 2 is 2.06 bits per heavy atom. The van der Waals surface area contributed by atoms with E-state index in [9.17, 15) is 4.79 Å². The summed E-state index contributed by atoms with van der Waals surface area (Å²) >= 11 is 0. The Morgan fingerprint density at radius 3 is 2.65 bits per heavy atom. The summed E-state index contributed by atoms with van der Waals surface area (Å²) in [6, 6.07) is 7.20. The third kappa shape index (κ3) is 3.46. The number of hydrogen-bond donors (Lipinski definition) is 2. The van der Waals surface area contributed by atoms with E-state index in [-0.39, 0.29) is 17.9 Å². The largest absolute Gasteiger partial charge is 0.496 e. The van der Waals surface area contributed by atoms with Gasteiger partial charge < -0.3 is 15.8 Å². The number of rotatable bonds is 5. The van der Waals surface area contributed by atoms with Crippen LogP contribution in [0.15, 0.2) is 24.3 Å². The van der Waals surface area contributed by atoms with Crippen molar-refractivity contribution in [3.05, 3.63) is 29.8 Å². The second kappa shape index (κ2) is 6.25. The van der Waals surface area contributed by atoms with Gasteiger partial charge in [0.2, 0.25) is 0 Å². The van der Waals surface area contributed by atoms with Crippen LogP contribution in [0.2, 0.25) is 0 Å². The Balaban J connectivity index is 2.76. The fraction of sp³-hybridized carbons (Fsp3) is 0.462. The summed E-state index contributed by atoms with van der Waals surface area (Å²) in [5.41, 5.74) is 6.11. The van der Waals surface area contributed by atoms with Gasteiger partial charge in [0, 0.05) is 6.04 Å². The molecular formula is C13H20N2O2. The molecule has 0 fully saturated rings. The first kappa shape index (κ1) is 13.5. The Hall–Kier alpha value is -1.55. The summed E-state index contributed by atoms with van der Waals surface area (Å²) in [6.45, 7) is 4.51. The van der Waals surface area contributed by atoms with E-state index < -0.39 is 0 Å². The normalized spacial score (nSPS) is 13.9. The standard InChI is InChI=1S/C13H20N2O2/c1-9(8-14)10(2)15-13(16)11-6-4-5-7-12(11)17-3/h4-7,9-10H,8,14H2,1-3H3,(H,15,16). The minimum atomic E-state index is -0.129. The lowest BCUT2D eigenvalue weighted by Crippen LogP contribution is -2.39. The van der Waals surface area contributed by atoms with Gasteiger partial charge in [0.25, 0.3) is 5.91 Å². The number of para-hydroxylation sites is 1. The van der Waals surface area contributed by atoms with Crippen molar-refractivity contribution in [3.63, 3.8) is 0 Å². The predicted octanol–water partition coefficient (Wildman–Crippen LogP) is 1.41. The second-order valence-electron chi connectivity index (χ2n) is 4.18. The molecule has 0 aliphatic carbocycles. The molecule has 17 heavy (non-hydrogen) atoms. The van der Waals surface area contributed by atoms with Crippen molar-refractivity contribution in [2.45, 2.75) is 19.9 Å². The molecule has 0 saturated carbocycles. The third-order valence-electron chi connectivity index (χ3n) is 2.94. The van der Waals surface area contributed by atoms with E-state index in [1.165, 1.54) is 0 Å². The van der Waals surface area contributed by atoms with Crippen molar-refractivity contribution >= 4 is 5.91 Å². The summed E-state index contributed by atoms with van der Waals surface area (Å²) in [5, 5.41) is 2.92. The highest BCUT2D eigenvalue weighted by Gasteiger charge is 2.16. The maximum atomic E-state index is 12.0. The molecule has 2 atom stereocenters. The van der Waals surface area contributed by atoms with Gasteiger partial charge in [-0.25, -0.2) is 0 Å². The third-order valence-corrected chi connectivity index (χ3v) is 2.94. The SMILES string of the molecule is COc1ccccc1C(=O)NC(C)C(C)CN. The zero-order valence-corrected chi connectivity index (χ0v) is 10.6. The molecular weight excluding hydrogens is 216 g/mol. The molecule has 1 rings (SSSR count). The van der Waals surface area contributed by atoms with Gasteiger partial charge in [0.05, 0.1) is 12.7 Å². The topological polar surface area (TPSA) is 64.3 Å². The number of methoxy groups -OCH3 is 1. The lowest BCUT2D eigenvalue weighted by atomic mass is 10.0. The molecule has 0 bridgehead atoms. The molecule has 94 valence electrons. The van der Waals surface area contributed by atoms with E-state index in [0.717, 1.165) is 0 Å². The predicted molar refractivity (Wildman–Crippen MR) is 68.1 cm³/mol. The summed E-state index contributed by atoms with van der Waals surface area (Å²) in [7, 11) is 1.55. The number of hydrogen-bond acceptors (Lipinski definition) is 3. The average Bonchev–Trinajstić information content (AvgIpc) is 2.37. The zero-order valence-electron chi connectivity index (χ0n) is 10.6. The molecule has 1 amide bonds. The molecule has 0 aliphatic heterocycles. The smallest absolute Gasteiger partial charge is 0.255 e.